The van der Waals surface area contributed by atoms with Gasteiger partial charge in [-0.05, 0) is 50.0 Å². The lowest BCUT2D eigenvalue weighted by Crippen LogP contribution is -2.27. The summed E-state index contributed by atoms with van der Waals surface area (Å²) in [5.74, 6) is 2.05. The first-order valence-corrected chi connectivity index (χ1v) is 8.79. The maximum atomic E-state index is 12.1. The zero-order valence-corrected chi connectivity index (χ0v) is 16.0. The van der Waals surface area contributed by atoms with Gasteiger partial charge in [0.2, 0.25) is 5.95 Å². The Labute approximate surface area is 159 Å². The van der Waals surface area contributed by atoms with Crippen molar-refractivity contribution in [2.75, 3.05) is 25.0 Å². The number of hydrogen-bond acceptors (Lipinski definition) is 5. The molecule has 0 atom stereocenters. The summed E-state index contributed by atoms with van der Waals surface area (Å²) in [5.41, 5.74) is 1.24. The fraction of sp³-hybridized carbons (Fsp3) is 0.500. The van der Waals surface area contributed by atoms with Gasteiger partial charge in [0.15, 0.2) is 12.4 Å². The van der Waals surface area contributed by atoms with Gasteiger partial charge in [-0.3, -0.25) is 10.1 Å². The lowest BCUT2D eigenvalue weighted by molar-refractivity contribution is -0.118. The number of piperidine rings is 1. The summed E-state index contributed by atoms with van der Waals surface area (Å²) < 4.78 is 7.14. The van der Waals surface area contributed by atoms with Crippen molar-refractivity contribution in [1.82, 2.24) is 20.1 Å². The van der Waals surface area contributed by atoms with Gasteiger partial charge in [0.25, 0.3) is 5.91 Å². The van der Waals surface area contributed by atoms with Gasteiger partial charge in [0.1, 0.15) is 5.75 Å². The van der Waals surface area contributed by atoms with Gasteiger partial charge in [0, 0.05) is 13.0 Å². The van der Waals surface area contributed by atoms with Crippen LogP contribution in [0.2, 0.25) is 0 Å². The number of rotatable bonds is 6. The van der Waals surface area contributed by atoms with E-state index in [4.69, 9.17) is 4.74 Å². The van der Waals surface area contributed by atoms with Crippen molar-refractivity contribution in [2.45, 2.75) is 32.1 Å². The van der Waals surface area contributed by atoms with Crippen LogP contribution < -0.4 is 15.4 Å². The molecule has 1 amide bonds. The zero-order chi connectivity index (χ0) is 17.6. The molecule has 2 aromatic rings. The van der Waals surface area contributed by atoms with Gasteiger partial charge in [-0.2, -0.15) is 10.1 Å². The highest BCUT2D eigenvalue weighted by atomic mass is 35.5. The highest BCUT2D eigenvalue weighted by Gasteiger charge is 2.21. The smallest absolute Gasteiger partial charge is 0.264 e. The number of halogens is 1. The number of ether oxygens (including phenoxy) is 1. The molecule has 7 nitrogen and oxygen atoms in total. The van der Waals surface area contributed by atoms with Gasteiger partial charge < -0.3 is 10.1 Å². The molecule has 2 heterocycles. The van der Waals surface area contributed by atoms with Crippen LogP contribution in [0.4, 0.5) is 5.95 Å². The molecule has 1 saturated heterocycles. The van der Waals surface area contributed by atoms with Crippen LogP contribution in [-0.4, -0.2) is 40.4 Å². The van der Waals surface area contributed by atoms with Crippen LogP contribution in [0.3, 0.4) is 0 Å². The molecule has 1 aliphatic rings. The Morgan fingerprint density at radius 1 is 1.31 bits per heavy atom. The van der Waals surface area contributed by atoms with Crippen LogP contribution in [-0.2, 0) is 18.3 Å². The maximum Gasteiger partial charge on any atom is 0.264 e. The minimum absolute atomic E-state index is 0. The topological polar surface area (TPSA) is 81.1 Å². The minimum atomic E-state index is -0.244. The predicted octanol–water partition coefficient (Wildman–Crippen LogP) is 2.28. The van der Waals surface area contributed by atoms with E-state index in [2.05, 4.69) is 27.6 Å². The zero-order valence-electron chi connectivity index (χ0n) is 15.2. The van der Waals surface area contributed by atoms with E-state index >= 15 is 0 Å². The molecule has 26 heavy (non-hydrogen) atoms. The van der Waals surface area contributed by atoms with E-state index in [1.165, 1.54) is 5.56 Å². The van der Waals surface area contributed by atoms with Crippen LogP contribution in [0.25, 0.3) is 0 Å². The fourth-order valence-electron chi connectivity index (χ4n) is 2.90. The third-order valence-corrected chi connectivity index (χ3v) is 4.44. The summed E-state index contributed by atoms with van der Waals surface area (Å²) in [5, 5.41) is 10.5. The third kappa shape index (κ3) is 5.19. The molecule has 8 heteroatoms. The number of carbonyl (C=O) groups excluding carboxylic acids is 1. The first-order chi connectivity index (χ1) is 12.2. The van der Waals surface area contributed by atoms with Gasteiger partial charge >= 0.3 is 0 Å². The van der Waals surface area contributed by atoms with Crippen LogP contribution in [0.15, 0.2) is 24.3 Å². The normalized spacial score (nSPS) is 14.5. The molecule has 142 valence electrons. The van der Waals surface area contributed by atoms with Gasteiger partial charge in [-0.25, -0.2) is 4.68 Å². The predicted molar refractivity (Wildman–Crippen MR) is 103 cm³/mol. The first-order valence-electron chi connectivity index (χ1n) is 8.79. The van der Waals surface area contributed by atoms with E-state index in [1.54, 1.807) is 11.7 Å². The quantitative estimate of drug-likeness (QED) is 0.804. The van der Waals surface area contributed by atoms with Crippen LogP contribution in [0, 0.1) is 0 Å². The van der Waals surface area contributed by atoms with E-state index in [9.17, 15) is 4.79 Å². The number of nitrogens with zero attached hydrogens (tertiary/aromatic N) is 3. The Kier molecular flexibility index (Phi) is 7.41. The molecule has 0 bridgehead atoms. The lowest BCUT2D eigenvalue weighted by Gasteiger charge is -2.19. The average Bonchev–Trinajstić information content (AvgIpc) is 3.01. The summed E-state index contributed by atoms with van der Waals surface area (Å²) in [6.45, 7) is 4.01. The second kappa shape index (κ2) is 9.54. The minimum Gasteiger partial charge on any atom is -0.484 e. The number of nitrogens with one attached hydrogen (secondary N) is 2. The number of hydrogen-bond donors (Lipinski definition) is 2. The molecular formula is C18H26ClN5O2. The van der Waals surface area contributed by atoms with Crippen LogP contribution >= 0.6 is 12.4 Å². The molecule has 0 radical (unpaired) electrons. The molecule has 2 N–H and O–H groups in total. The Balaban J connectivity index is 0.00000243. The van der Waals surface area contributed by atoms with Crippen molar-refractivity contribution >= 4 is 24.3 Å². The van der Waals surface area contributed by atoms with Gasteiger partial charge in [-0.1, -0.05) is 19.1 Å². The SMILES string of the molecule is CCc1ccc(OCC(=O)Nc2nc(C3CCNCC3)nn2C)cc1.Cl. The molecular weight excluding hydrogens is 354 g/mol. The molecule has 1 aromatic carbocycles. The molecule has 3 rings (SSSR count). The molecule has 1 fully saturated rings. The first kappa shape index (κ1) is 20.2. The molecule has 0 aliphatic carbocycles. The van der Waals surface area contributed by atoms with Gasteiger partial charge in [-0.15, -0.1) is 12.4 Å². The number of carbonyl (C=O) groups is 1. The fourth-order valence-corrected chi connectivity index (χ4v) is 2.90. The Morgan fingerprint density at radius 2 is 2.00 bits per heavy atom. The standard InChI is InChI=1S/C18H25N5O2.ClH/c1-3-13-4-6-15(7-5-13)25-12-16(24)20-18-21-17(22-23(18)2)14-8-10-19-11-9-14;/h4-7,14,19H,3,8-12H2,1-2H3,(H,20,21,22,24);1H. The number of anilines is 1. The van der Waals surface area contributed by atoms with Gasteiger partial charge in [0.05, 0.1) is 0 Å². The average molecular weight is 380 g/mol. The van der Waals surface area contributed by atoms with Crippen molar-refractivity contribution in [1.29, 1.82) is 0 Å². The number of amides is 1. The molecule has 1 aromatic heterocycles. The molecule has 0 spiro atoms. The summed E-state index contributed by atoms with van der Waals surface area (Å²) in [6, 6.07) is 7.76. The summed E-state index contributed by atoms with van der Waals surface area (Å²) in [4.78, 5) is 16.6. The summed E-state index contributed by atoms with van der Waals surface area (Å²) in [6.07, 6.45) is 3.02. The highest BCUT2D eigenvalue weighted by Crippen LogP contribution is 2.23. The second-order valence-corrected chi connectivity index (χ2v) is 6.28. The van der Waals surface area contributed by atoms with Crippen LogP contribution in [0.1, 0.15) is 37.1 Å². The van der Waals surface area contributed by atoms with Crippen molar-refractivity contribution in [3.8, 4) is 5.75 Å². The van der Waals surface area contributed by atoms with E-state index in [1.807, 2.05) is 24.3 Å². The Bertz CT molecular complexity index is 711. The summed E-state index contributed by atoms with van der Waals surface area (Å²) in [7, 11) is 1.79. The number of aryl methyl sites for hydroxylation is 2. The van der Waals surface area contributed by atoms with Crippen molar-refractivity contribution in [3.05, 3.63) is 35.7 Å². The van der Waals surface area contributed by atoms with Crippen molar-refractivity contribution in [2.24, 2.45) is 7.05 Å². The maximum absolute atomic E-state index is 12.1. The van der Waals surface area contributed by atoms with Crippen molar-refractivity contribution in [3.63, 3.8) is 0 Å². The van der Waals surface area contributed by atoms with Crippen molar-refractivity contribution < 1.29 is 9.53 Å². The van der Waals surface area contributed by atoms with E-state index < -0.39 is 0 Å². The Hall–Kier alpha value is -2.12. The van der Waals surface area contributed by atoms with Crippen LogP contribution in [0.5, 0.6) is 5.75 Å². The highest BCUT2D eigenvalue weighted by molar-refractivity contribution is 5.90. The molecule has 0 unspecified atom stereocenters. The molecule has 1 aliphatic heterocycles. The summed E-state index contributed by atoms with van der Waals surface area (Å²) >= 11 is 0. The molecule has 0 saturated carbocycles. The monoisotopic (exact) mass is 379 g/mol. The largest absolute Gasteiger partial charge is 0.484 e. The number of aromatic nitrogens is 3. The number of benzene rings is 1. The second-order valence-electron chi connectivity index (χ2n) is 6.28. The van der Waals surface area contributed by atoms with E-state index in [0.29, 0.717) is 17.6 Å². The lowest BCUT2D eigenvalue weighted by atomic mass is 9.98. The van der Waals surface area contributed by atoms with E-state index in [-0.39, 0.29) is 24.9 Å². The van der Waals surface area contributed by atoms with E-state index in [0.717, 1.165) is 38.2 Å². The third-order valence-electron chi connectivity index (χ3n) is 4.44. The Morgan fingerprint density at radius 3 is 2.65 bits per heavy atom.